The largest absolute Gasteiger partial charge is 0.392 e. The van der Waals surface area contributed by atoms with E-state index >= 15 is 0 Å². The monoisotopic (exact) mass is 349 g/mol. The van der Waals surface area contributed by atoms with E-state index in [0.29, 0.717) is 23.8 Å². The van der Waals surface area contributed by atoms with Gasteiger partial charge in [-0.3, -0.25) is 9.69 Å². The van der Waals surface area contributed by atoms with E-state index in [-0.39, 0.29) is 24.3 Å². The molecule has 7 heteroatoms. The quantitative estimate of drug-likeness (QED) is 0.890. The second-order valence-corrected chi connectivity index (χ2v) is 6.24. The molecule has 1 aromatic heterocycles. The van der Waals surface area contributed by atoms with Crippen molar-refractivity contribution in [2.75, 3.05) is 18.4 Å². The van der Waals surface area contributed by atoms with Crippen molar-refractivity contribution < 1.29 is 14.3 Å². The van der Waals surface area contributed by atoms with Gasteiger partial charge in [-0.2, -0.15) is 0 Å². The van der Waals surface area contributed by atoms with Gasteiger partial charge in [0.2, 0.25) is 5.91 Å². The second-order valence-electron chi connectivity index (χ2n) is 5.80. The number of amides is 1. The Morgan fingerprint density at radius 2 is 2.25 bits per heavy atom. The fraction of sp³-hybridized carbons (Fsp3) is 0.294. The van der Waals surface area contributed by atoms with Gasteiger partial charge in [0.15, 0.2) is 0 Å². The molecule has 0 aliphatic carbocycles. The predicted molar refractivity (Wildman–Crippen MR) is 89.2 cm³/mol. The Morgan fingerprint density at radius 3 is 2.96 bits per heavy atom. The van der Waals surface area contributed by atoms with E-state index in [1.807, 2.05) is 4.90 Å². The van der Waals surface area contributed by atoms with Crippen molar-refractivity contribution >= 4 is 23.3 Å². The summed E-state index contributed by atoms with van der Waals surface area (Å²) in [7, 11) is 0. The Labute approximate surface area is 144 Å². The molecule has 0 unspecified atom stereocenters. The number of pyridine rings is 1. The molecule has 5 nitrogen and oxygen atoms in total. The molecular weight excluding hydrogens is 333 g/mol. The number of carbonyl (C=O) groups is 1. The summed E-state index contributed by atoms with van der Waals surface area (Å²) < 4.78 is 13.4. The second kappa shape index (κ2) is 7.25. The molecule has 1 aliphatic heterocycles. The van der Waals surface area contributed by atoms with Gasteiger partial charge in [0.25, 0.3) is 0 Å². The van der Waals surface area contributed by atoms with E-state index in [0.717, 1.165) is 5.56 Å². The standard InChI is InChI=1S/C17H17ClFN3O2/c18-12-4-5-16(20-8-12)21-17(24)10-22-9-14(23)7-15(22)11-2-1-3-13(19)6-11/h1-6,8,14-15,23H,7,9-10H2,(H,20,21,24)/t14-,15-/m0/s1. The van der Waals surface area contributed by atoms with Crippen molar-refractivity contribution in [3.63, 3.8) is 0 Å². The van der Waals surface area contributed by atoms with Gasteiger partial charge in [-0.05, 0) is 36.2 Å². The first-order valence-corrected chi connectivity index (χ1v) is 7.98. The van der Waals surface area contributed by atoms with Crippen molar-refractivity contribution in [1.82, 2.24) is 9.88 Å². The van der Waals surface area contributed by atoms with E-state index in [2.05, 4.69) is 10.3 Å². The summed E-state index contributed by atoms with van der Waals surface area (Å²) in [4.78, 5) is 18.1. The van der Waals surface area contributed by atoms with Gasteiger partial charge in [-0.1, -0.05) is 23.7 Å². The third-order valence-corrected chi connectivity index (χ3v) is 4.18. The van der Waals surface area contributed by atoms with Crippen LogP contribution in [0.2, 0.25) is 5.02 Å². The first kappa shape index (κ1) is 16.8. The van der Waals surface area contributed by atoms with E-state index in [1.165, 1.54) is 18.3 Å². The highest BCUT2D eigenvalue weighted by Crippen LogP contribution is 2.32. The average molecular weight is 350 g/mol. The molecule has 2 aromatic rings. The normalized spacial score (nSPS) is 21.0. The number of halogens is 2. The third-order valence-electron chi connectivity index (χ3n) is 3.96. The van der Waals surface area contributed by atoms with Crippen LogP contribution in [0.15, 0.2) is 42.6 Å². The number of carbonyl (C=O) groups excluding carboxylic acids is 1. The van der Waals surface area contributed by atoms with E-state index in [1.54, 1.807) is 24.3 Å². The Balaban J connectivity index is 1.68. The molecule has 2 atom stereocenters. The molecular formula is C17H17ClFN3O2. The molecule has 2 heterocycles. The van der Waals surface area contributed by atoms with Gasteiger partial charge < -0.3 is 10.4 Å². The zero-order chi connectivity index (χ0) is 17.1. The topological polar surface area (TPSA) is 65.5 Å². The molecule has 0 spiro atoms. The van der Waals surface area contributed by atoms with Gasteiger partial charge in [0, 0.05) is 18.8 Å². The molecule has 1 saturated heterocycles. The van der Waals surface area contributed by atoms with Gasteiger partial charge in [0.05, 0.1) is 17.7 Å². The molecule has 24 heavy (non-hydrogen) atoms. The minimum absolute atomic E-state index is 0.0859. The fourth-order valence-corrected chi connectivity index (χ4v) is 3.04. The fourth-order valence-electron chi connectivity index (χ4n) is 2.93. The Hall–Kier alpha value is -2.02. The van der Waals surface area contributed by atoms with E-state index < -0.39 is 6.10 Å². The number of aliphatic hydroxyl groups excluding tert-OH is 1. The summed E-state index contributed by atoms with van der Waals surface area (Å²) in [5, 5.41) is 13.1. The van der Waals surface area contributed by atoms with Crippen molar-refractivity contribution in [3.8, 4) is 0 Å². The SMILES string of the molecule is O=C(CN1C[C@@H](O)C[C@H]1c1cccc(F)c1)Nc1ccc(Cl)cn1. The van der Waals surface area contributed by atoms with Gasteiger partial charge in [-0.15, -0.1) is 0 Å². The van der Waals surface area contributed by atoms with Crippen LogP contribution in [0.5, 0.6) is 0 Å². The maximum Gasteiger partial charge on any atom is 0.239 e. The number of hydrogen-bond donors (Lipinski definition) is 2. The number of anilines is 1. The van der Waals surface area contributed by atoms with Crippen LogP contribution in [0.25, 0.3) is 0 Å². The average Bonchev–Trinajstić information content (AvgIpc) is 2.90. The first-order valence-electron chi connectivity index (χ1n) is 7.60. The van der Waals surface area contributed by atoms with Gasteiger partial charge in [0.1, 0.15) is 11.6 Å². The highest BCUT2D eigenvalue weighted by atomic mass is 35.5. The van der Waals surface area contributed by atoms with Gasteiger partial charge in [-0.25, -0.2) is 9.37 Å². The highest BCUT2D eigenvalue weighted by Gasteiger charge is 2.33. The zero-order valence-electron chi connectivity index (χ0n) is 12.8. The van der Waals surface area contributed by atoms with Crippen LogP contribution in [0.4, 0.5) is 10.2 Å². The number of aliphatic hydroxyl groups is 1. The maximum absolute atomic E-state index is 13.4. The Kier molecular flexibility index (Phi) is 5.08. The minimum Gasteiger partial charge on any atom is -0.392 e. The molecule has 126 valence electrons. The van der Waals surface area contributed by atoms with E-state index in [4.69, 9.17) is 11.6 Å². The highest BCUT2D eigenvalue weighted by molar-refractivity contribution is 6.30. The summed E-state index contributed by atoms with van der Waals surface area (Å²) >= 11 is 5.76. The molecule has 1 fully saturated rings. The number of nitrogens with zero attached hydrogens (tertiary/aromatic N) is 2. The molecule has 1 aromatic carbocycles. The molecule has 0 saturated carbocycles. The smallest absolute Gasteiger partial charge is 0.239 e. The minimum atomic E-state index is -0.542. The van der Waals surface area contributed by atoms with Crippen LogP contribution in [-0.2, 0) is 4.79 Å². The van der Waals surface area contributed by atoms with Crippen LogP contribution in [0, 0.1) is 5.82 Å². The summed E-state index contributed by atoms with van der Waals surface area (Å²) in [6.07, 6.45) is 1.38. The maximum atomic E-state index is 13.4. The number of benzene rings is 1. The third kappa shape index (κ3) is 4.08. The summed E-state index contributed by atoms with van der Waals surface area (Å²) in [5.41, 5.74) is 0.754. The van der Waals surface area contributed by atoms with Crippen LogP contribution < -0.4 is 5.32 Å². The van der Waals surface area contributed by atoms with Crippen molar-refractivity contribution in [2.45, 2.75) is 18.6 Å². The number of hydrogen-bond acceptors (Lipinski definition) is 4. The molecule has 0 bridgehead atoms. The van der Waals surface area contributed by atoms with Crippen molar-refractivity contribution in [1.29, 1.82) is 0 Å². The van der Waals surface area contributed by atoms with Crippen molar-refractivity contribution in [3.05, 3.63) is 59.0 Å². The lowest BCUT2D eigenvalue weighted by molar-refractivity contribution is -0.117. The lowest BCUT2D eigenvalue weighted by atomic mass is 10.0. The predicted octanol–water partition coefficient (Wildman–Crippen LogP) is 2.62. The molecule has 3 rings (SSSR count). The van der Waals surface area contributed by atoms with Crippen LogP contribution in [0.1, 0.15) is 18.0 Å². The Morgan fingerprint density at radius 1 is 1.42 bits per heavy atom. The van der Waals surface area contributed by atoms with Crippen LogP contribution in [0.3, 0.4) is 0 Å². The number of rotatable bonds is 4. The lowest BCUT2D eigenvalue weighted by Gasteiger charge is -2.23. The van der Waals surface area contributed by atoms with Crippen LogP contribution in [-0.4, -0.2) is 40.1 Å². The molecule has 1 aliphatic rings. The molecule has 2 N–H and O–H groups in total. The molecule has 1 amide bonds. The number of β-amino-alcohol motifs (C(OH)–C–C–N with tert-alkyl or cyclic N) is 1. The van der Waals surface area contributed by atoms with Crippen molar-refractivity contribution in [2.24, 2.45) is 0 Å². The number of likely N-dealkylation sites (tertiary alicyclic amines) is 1. The summed E-state index contributed by atoms with van der Waals surface area (Å²) in [5.74, 6) is -0.171. The first-order chi connectivity index (χ1) is 11.5. The number of aromatic nitrogens is 1. The lowest BCUT2D eigenvalue weighted by Crippen LogP contribution is -2.34. The molecule has 0 radical (unpaired) electrons. The summed E-state index contributed by atoms with van der Waals surface area (Å²) in [6.45, 7) is 0.450. The summed E-state index contributed by atoms with van der Waals surface area (Å²) in [6, 6.07) is 9.30. The zero-order valence-corrected chi connectivity index (χ0v) is 13.6. The van der Waals surface area contributed by atoms with Gasteiger partial charge >= 0.3 is 0 Å². The van der Waals surface area contributed by atoms with E-state index in [9.17, 15) is 14.3 Å². The number of nitrogens with one attached hydrogen (secondary N) is 1. The Bertz CT molecular complexity index is 726. The van der Waals surface area contributed by atoms with Crippen LogP contribution >= 0.6 is 11.6 Å².